The van der Waals surface area contributed by atoms with Gasteiger partial charge in [0.25, 0.3) is 0 Å². The van der Waals surface area contributed by atoms with E-state index in [1.807, 2.05) is 6.07 Å². The van der Waals surface area contributed by atoms with Gasteiger partial charge in [-0.2, -0.15) is 5.26 Å². The summed E-state index contributed by atoms with van der Waals surface area (Å²) in [6.45, 7) is 0. The van der Waals surface area contributed by atoms with Crippen LogP contribution >= 0.6 is 11.3 Å². The average Bonchev–Trinajstić information content (AvgIpc) is 3.04. The number of nitrogens with zero attached hydrogens (tertiary/aromatic N) is 2. The molecule has 3 rings (SSSR count). The number of nitrogens with one attached hydrogen (secondary N) is 1. The molecule has 1 aliphatic carbocycles. The molecule has 2 atom stereocenters. The van der Waals surface area contributed by atoms with Gasteiger partial charge in [-0.25, -0.2) is 9.37 Å². The number of amides is 1. The first-order valence-corrected chi connectivity index (χ1v) is 9.01. The van der Waals surface area contributed by atoms with Gasteiger partial charge in [-0.3, -0.25) is 9.59 Å². The molecule has 1 fully saturated rings. The Morgan fingerprint density at radius 3 is 2.69 bits per heavy atom. The number of carbonyl (C=O) groups is 2. The molecule has 0 saturated heterocycles. The number of rotatable bonds is 4. The van der Waals surface area contributed by atoms with Crippen molar-refractivity contribution in [3.8, 4) is 17.3 Å². The molecule has 0 spiro atoms. The van der Waals surface area contributed by atoms with E-state index >= 15 is 0 Å². The Labute approximate surface area is 153 Å². The fourth-order valence-electron chi connectivity index (χ4n) is 3.22. The second-order valence-corrected chi connectivity index (χ2v) is 7.14. The van der Waals surface area contributed by atoms with E-state index in [-0.39, 0.29) is 10.0 Å². The van der Waals surface area contributed by atoms with Gasteiger partial charge in [0.2, 0.25) is 5.91 Å². The SMILES string of the molecule is N#Cc1sc(NC(=O)[C@@H]2CCCC[C@@H]2C(=O)O)nc1-c1cccc(F)c1. The van der Waals surface area contributed by atoms with Crippen LogP contribution in [0.4, 0.5) is 9.52 Å². The van der Waals surface area contributed by atoms with Crippen molar-refractivity contribution < 1.29 is 19.1 Å². The van der Waals surface area contributed by atoms with E-state index in [9.17, 15) is 24.3 Å². The van der Waals surface area contributed by atoms with Crippen molar-refractivity contribution in [3.63, 3.8) is 0 Å². The predicted molar refractivity (Wildman–Crippen MR) is 93.9 cm³/mol. The largest absolute Gasteiger partial charge is 0.481 e. The first-order chi connectivity index (χ1) is 12.5. The van der Waals surface area contributed by atoms with Crippen LogP contribution in [-0.4, -0.2) is 22.0 Å². The minimum Gasteiger partial charge on any atom is -0.481 e. The molecular weight excluding hydrogens is 357 g/mol. The molecule has 0 unspecified atom stereocenters. The number of hydrogen-bond acceptors (Lipinski definition) is 5. The van der Waals surface area contributed by atoms with E-state index in [0.717, 1.165) is 24.2 Å². The van der Waals surface area contributed by atoms with Gasteiger partial charge in [-0.05, 0) is 25.0 Å². The third-order valence-corrected chi connectivity index (χ3v) is 5.35. The Hall–Kier alpha value is -2.79. The Balaban J connectivity index is 1.83. The predicted octanol–water partition coefficient (Wildman–Crippen LogP) is 3.65. The Bertz CT molecular complexity index is 890. The van der Waals surface area contributed by atoms with Crippen molar-refractivity contribution >= 4 is 28.3 Å². The molecule has 134 valence electrons. The van der Waals surface area contributed by atoms with Crippen molar-refractivity contribution in [3.05, 3.63) is 35.0 Å². The number of anilines is 1. The third-order valence-electron chi connectivity index (χ3n) is 4.48. The van der Waals surface area contributed by atoms with E-state index in [1.54, 1.807) is 6.07 Å². The van der Waals surface area contributed by atoms with Gasteiger partial charge in [-0.15, -0.1) is 0 Å². The molecule has 1 aromatic heterocycles. The van der Waals surface area contributed by atoms with Crippen molar-refractivity contribution in [2.24, 2.45) is 11.8 Å². The van der Waals surface area contributed by atoms with Gasteiger partial charge in [-0.1, -0.05) is 36.3 Å². The lowest BCUT2D eigenvalue weighted by Gasteiger charge is -2.26. The van der Waals surface area contributed by atoms with Gasteiger partial charge in [0.15, 0.2) is 5.13 Å². The van der Waals surface area contributed by atoms with Crippen LogP contribution in [0.3, 0.4) is 0 Å². The van der Waals surface area contributed by atoms with Crippen LogP contribution < -0.4 is 5.32 Å². The van der Waals surface area contributed by atoms with Crippen LogP contribution in [-0.2, 0) is 9.59 Å². The number of halogens is 1. The maximum absolute atomic E-state index is 13.4. The summed E-state index contributed by atoms with van der Waals surface area (Å²) in [4.78, 5) is 28.4. The zero-order chi connectivity index (χ0) is 18.7. The minimum absolute atomic E-state index is 0.209. The molecule has 1 amide bonds. The number of carboxylic acids is 1. The summed E-state index contributed by atoms with van der Waals surface area (Å²) in [6.07, 6.45) is 2.58. The van der Waals surface area contributed by atoms with Crippen LogP contribution in [0.2, 0.25) is 0 Å². The number of benzene rings is 1. The van der Waals surface area contributed by atoms with E-state index in [1.165, 1.54) is 18.2 Å². The number of hydrogen-bond donors (Lipinski definition) is 2. The number of aromatic nitrogens is 1. The van der Waals surface area contributed by atoms with Crippen LogP contribution in [0.25, 0.3) is 11.3 Å². The molecular formula is C18H16FN3O3S. The second-order valence-electron chi connectivity index (χ2n) is 6.14. The highest BCUT2D eigenvalue weighted by Crippen LogP contribution is 2.34. The van der Waals surface area contributed by atoms with Crippen molar-refractivity contribution in [2.75, 3.05) is 5.32 Å². The summed E-state index contributed by atoms with van der Waals surface area (Å²) >= 11 is 0.988. The standard InChI is InChI=1S/C18H16FN3O3S/c19-11-5-3-4-10(8-11)15-14(9-20)26-18(21-15)22-16(23)12-6-1-2-7-13(12)17(24)25/h3-5,8,12-13H,1-2,6-7H2,(H,24,25)(H,21,22,23)/t12-,13+/m1/s1. The van der Waals surface area contributed by atoms with E-state index in [4.69, 9.17) is 0 Å². The minimum atomic E-state index is -0.970. The molecule has 1 aliphatic rings. The summed E-state index contributed by atoms with van der Waals surface area (Å²) < 4.78 is 13.4. The lowest BCUT2D eigenvalue weighted by Crippen LogP contribution is -2.36. The molecule has 8 heteroatoms. The molecule has 1 aromatic carbocycles. The van der Waals surface area contributed by atoms with Crippen molar-refractivity contribution in [2.45, 2.75) is 25.7 Å². The monoisotopic (exact) mass is 373 g/mol. The molecule has 1 heterocycles. The number of carbonyl (C=O) groups excluding carboxylic acids is 1. The smallest absolute Gasteiger partial charge is 0.307 e. The zero-order valence-corrected chi connectivity index (χ0v) is 14.6. The average molecular weight is 373 g/mol. The number of thiazole rings is 1. The maximum atomic E-state index is 13.4. The highest BCUT2D eigenvalue weighted by molar-refractivity contribution is 7.16. The number of nitriles is 1. The Kier molecular flexibility index (Phi) is 5.28. The number of aliphatic carboxylic acids is 1. The van der Waals surface area contributed by atoms with E-state index in [2.05, 4.69) is 10.3 Å². The summed E-state index contributed by atoms with van der Waals surface area (Å²) in [6, 6.07) is 7.71. The molecule has 0 bridgehead atoms. The molecule has 2 aromatic rings. The number of carboxylic acid groups (broad SMARTS) is 1. The van der Waals surface area contributed by atoms with Gasteiger partial charge < -0.3 is 10.4 Å². The topological polar surface area (TPSA) is 103 Å². The zero-order valence-electron chi connectivity index (χ0n) is 13.7. The summed E-state index contributed by atoms with van der Waals surface area (Å²) in [7, 11) is 0. The first kappa shape index (κ1) is 18.0. The Morgan fingerprint density at radius 1 is 1.31 bits per heavy atom. The highest BCUT2D eigenvalue weighted by atomic mass is 32.1. The van der Waals surface area contributed by atoms with Crippen LogP contribution in [0.5, 0.6) is 0 Å². The maximum Gasteiger partial charge on any atom is 0.307 e. The van der Waals surface area contributed by atoms with Crippen LogP contribution in [0.15, 0.2) is 24.3 Å². The van der Waals surface area contributed by atoms with Gasteiger partial charge in [0.05, 0.1) is 11.8 Å². The van der Waals surface area contributed by atoms with Crippen molar-refractivity contribution in [1.82, 2.24) is 4.98 Å². The molecule has 0 aliphatic heterocycles. The lowest BCUT2D eigenvalue weighted by atomic mass is 9.79. The van der Waals surface area contributed by atoms with Gasteiger partial charge >= 0.3 is 5.97 Å². The summed E-state index contributed by atoms with van der Waals surface area (Å²) in [5, 5.41) is 21.5. The molecule has 2 N–H and O–H groups in total. The fourth-order valence-corrected chi connectivity index (χ4v) is 4.01. The van der Waals surface area contributed by atoms with E-state index in [0.29, 0.717) is 24.1 Å². The third kappa shape index (κ3) is 3.73. The normalized spacial score (nSPS) is 19.5. The fraction of sp³-hybridized carbons (Fsp3) is 0.333. The molecule has 0 radical (unpaired) electrons. The summed E-state index contributed by atoms with van der Waals surface area (Å²) in [5.74, 6) is -3.14. The Morgan fingerprint density at radius 2 is 2.04 bits per heavy atom. The lowest BCUT2D eigenvalue weighted by molar-refractivity contribution is -0.147. The molecule has 26 heavy (non-hydrogen) atoms. The summed E-state index contributed by atoms with van der Waals surface area (Å²) in [5.41, 5.74) is 0.741. The molecule has 6 nitrogen and oxygen atoms in total. The van der Waals surface area contributed by atoms with Crippen molar-refractivity contribution in [1.29, 1.82) is 5.26 Å². The van der Waals surface area contributed by atoms with Gasteiger partial charge in [0, 0.05) is 5.56 Å². The van der Waals surface area contributed by atoms with Gasteiger partial charge in [0.1, 0.15) is 22.5 Å². The van der Waals surface area contributed by atoms with E-state index < -0.39 is 29.5 Å². The quantitative estimate of drug-likeness (QED) is 0.851. The highest BCUT2D eigenvalue weighted by Gasteiger charge is 2.36. The first-order valence-electron chi connectivity index (χ1n) is 8.20. The van der Waals surface area contributed by atoms with Crippen LogP contribution in [0, 0.1) is 29.0 Å². The second kappa shape index (κ2) is 7.62. The molecule has 1 saturated carbocycles. The van der Waals surface area contributed by atoms with Crippen LogP contribution in [0.1, 0.15) is 30.6 Å².